The molecule has 0 unspecified atom stereocenters. The zero-order chi connectivity index (χ0) is 47.8. The van der Waals surface area contributed by atoms with E-state index in [1.54, 1.807) is 0 Å². The van der Waals surface area contributed by atoms with E-state index in [0.29, 0.717) is 0 Å². The van der Waals surface area contributed by atoms with Gasteiger partial charge in [0.05, 0.1) is 57.4 Å². The van der Waals surface area contributed by atoms with Gasteiger partial charge in [-0.2, -0.15) is 23.9 Å². The summed E-state index contributed by atoms with van der Waals surface area (Å²) in [5, 5.41) is 49.4. The number of anilines is 1. The van der Waals surface area contributed by atoms with Crippen molar-refractivity contribution in [2.45, 2.75) is 52.7 Å². The van der Waals surface area contributed by atoms with Gasteiger partial charge in [0.25, 0.3) is 11.7 Å². The van der Waals surface area contributed by atoms with Gasteiger partial charge in [0.2, 0.25) is 5.91 Å². The van der Waals surface area contributed by atoms with Crippen molar-refractivity contribution in [3.05, 3.63) is 77.2 Å². The van der Waals surface area contributed by atoms with Crippen molar-refractivity contribution in [1.29, 1.82) is 0 Å². The first-order valence-electron chi connectivity index (χ1n) is 17.8. The summed E-state index contributed by atoms with van der Waals surface area (Å²) in [6.07, 6.45) is 3.58. The summed E-state index contributed by atoms with van der Waals surface area (Å²) in [6.45, 7) is 2.32. The fourth-order valence-corrected chi connectivity index (χ4v) is 7.80. The smallest absolute Gasteiger partial charge is 0.858 e. The van der Waals surface area contributed by atoms with Gasteiger partial charge in [-0.25, -0.2) is 31.1 Å². The normalized spacial score (nSPS) is 14.2. The predicted octanol–water partition coefficient (Wildman–Crippen LogP) is -15.7. The molecule has 0 spiro atoms. The third-order valence-corrected chi connectivity index (χ3v) is 11.4. The fraction of sp³-hybridized carbons (Fsp3) is 0.200. The van der Waals surface area contributed by atoms with Gasteiger partial charge in [-0.05, 0) is 79.9 Å². The second kappa shape index (κ2) is 33.5. The molecule has 26 nitrogen and oxygen atoms in total. The molecule has 5 rings (SSSR count). The summed E-state index contributed by atoms with van der Waals surface area (Å²) >= 11 is 0.433. The van der Waals surface area contributed by atoms with Crippen LogP contribution in [0.4, 0.5) is 5.69 Å². The van der Waals surface area contributed by atoms with Crippen LogP contribution in [0.25, 0.3) is 11.8 Å². The molecule has 346 valence electrons. The predicted molar refractivity (Wildman–Crippen MR) is 205 cm³/mol. The first kappa shape index (κ1) is 72.0. The van der Waals surface area contributed by atoms with Crippen LogP contribution in [0.15, 0.2) is 90.6 Å². The van der Waals surface area contributed by atoms with Crippen LogP contribution >= 0.6 is 24.1 Å². The molecular weight excluding hydrogens is 1150 g/mol. The number of allylic oxidation sites excluding steroid dienone is 3. The number of rotatable bonds is 19. The van der Waals surface area contributed by atoms with E-state index in [0.717, 1.165) is 65.6 Å². The summed E-state index contributed by atoms with van der Waals surface area (Å²) in [6, 6.07) is 5.12. The molecule has 0 bridgehead atoms. The number of aromatic nitrogens is 2. The van der Waals surface area contributed by atoms with Gasteiger partial charge in [-0.1, -0.05) is 6.92 Å². The molecule has 0 N–H and O–H groups in total. The number of Topliss-reactive ketones (excluding diaryl/α,β-unsaturated/α-hetero) is 1. The molecule has 35 heteroatoms. The van der Waals surface area contributed by atoms with Crippen LogP contribution in [0, 0.1) is 0 Å². The number of carbonyl (C=O) groups is 6. The molecule has 3 aromatic rings. The van der Waals surface area contributed by atoms with Crippen LogP contribution in [-0.4, -0.2) is 95.0 Å². The van der Waals surface area contributed by atoms with E-state index in [2.05, 4.69) is 28.9 Å². The summed E-state index contributed by atoms with van der Waals surface area (Å²) in [7, 11) is -10.8. The second-order valence-electron chi connectivity index (χ2n) is 12.5. The molecule has 2 aliphatic heterocycles. The van der Waals surface area contributed by atoms with Gasteiger partial charge in [-0.15, -0.1) is 0 Å². The summed E-state index contributed by atoms with van der Waals surface area (Å²) < 4.78 is 91.8. The minimum atomic E-state index is -5.41. The van der Waals surface area contributed by atoms with Gasteiger partial charge in [0, 0.05) is 40.4 Å². The van der Waals surface area contributed by atoms with Gasteiger partial charge in [0.1, 0.15) is 25.9 Å². The number of carbonyl (C=O) groups excluding carboxylic acids is 6. The Balaban J connectivity index is 0.00000952. The largest absolute Gasteiger partial charge is 1.00 e. The van der Waals surface area contributed by atoms with Crippen LogP contribution in [0.3, 0.4) is 0 Å². The number of esters is 3. The molecule has 0 saturated carbocycles. The summed E-state index contributed by atoms with van der Waals surface area (Å²) in [4.78, 5) is 77.3. The maximum Gasteiger partial charge on any atom is 1.00 e. The molecule has 1 aromatic heterocycles. The molecule has 70 heavy (non-hydrogen) atoms. The van der Waals surface area contributed by atoms with Crippen molar-refractivity contribution >= 4 is 97.3 Å². The zero-order valence-electron chi connectivity index (χ0n) is 37.8. The maximum absolute atomic E-state index is 14.1. The second-order valence-corrected chi connectivity index (χ2v) is 16.7. The van der Waals surface area contributed by atoms with E-state index in [9.17, 15) is 70.3 Å². The molecule has 1 saturated heterocycles. The number of hydrazone groups is 1. The number of ether oxygens (including phenoxy) is 2. The monoisotopic (exact) mass is 1170 g/mol. The Labute approximate surface area is 618 Å². The van der Waals surface area contributed by atoms with E-state index in [-0.39, 0.29) is 339 Å². The molecule has 0 aliphatic carbocycles. The van der Waals surface area contributed by atoms with Crippen LogP contribution in [-0.2, 0) is 72.4 Å². The number of nitrogens with zero attached hydrogens (tertiary/aromatic N) is 5. The number of amides is 2. The molecule has 3 heterocycles. The van der Waals surface area contributed by atoms with Crippen molar-refractivity contribution in [1.82, 2.24) is 14.7 Å². The Kier molecular flexibility index (Phi) is 34.4. The number of hydrogen-bond acceptors (Lipinski definition) is 25. The van der Waals surface area contributed by atoms with Crippen molar-refractivity contribution in [3.63, 3.8) is 0 Å². The van der Waals surface area contributed by atoms with Gasteiger partial charge in [0.15, 0.2) is 5.71 Å². The zero-order valence-corrected chi connectivity index (χ0v) is 56.6. The standard InChI is InChI=1S/C35H31N5O21S4.5K/c1-3-28(42)57-34(46)30-22(33(45)40(37-30)24-17-20(63-61-59-49)10-14-26(24)65(53,54)55)12-8-18(38-15-5-6-27(38)41)7-11-21-29(31(43)35(47)56-4-2)36-39(32(21)44)23-16-19(62-60-58-48)9-13-25(23)64(50,51)52;;;;;/h7-14,16-17,44,48-49H,3-6,15H2,1-2H3,(H,50,51,52)(H,53,54,55);;;;;/q;5*+1/p-5/b11-7+,18-8-,22-12-;;;;;. The van der Waals surface area contributed by atoms with Crippen molar-refractivity contribution < 1.29 is 355 Å². The van der Waals surface area contributed by atoms with Gasteiger partial charge < -0.3 is 39.1 Å². The number of ketones is 1. The third kappa shape index (κ3) is 18.9. The maximum atomic E-state index is 14.1. The Morgan fingerprint density at radius 1 is 0.843 bits per heavy atom. The third-order valence-electron chi connectivity index (χ3n) is 8.52. The van der Waals surface area contributed by atoms with Crippen LogP contribution in [0.2, 0.25) is 0 Å². The number of benzene rings is 2. The Morgan fingerprint density at radius 3 is 1.90 bits per heavy atom. The van der Waals surface area contributed by atoms with Crippen molar-refractivity contribution in [2.75, 3.05) is 18.2 Å². The van der Waals surface area contributed by atoms with Crippen molar-refractivity contribution in [2.24, 2.45) is 5.10 Å². The molecule has 0 radical (unpaired) electrons. The van der Waals surface area contributed by atoms with Crippen LogP contribution in [0.5, 0.6) is 5.88 Å². The molecule has 1 fully saturated rings. The molecular formula is C35H26K5N5O21S4. The minimum Gasteiger partial charge on any atom is -0.858 e. The molecule has 2 amide bonds. The molecule has 0 atom stereocenters. The number of hydrogen-bond donors (Lipinski definition) is 0. The summed E-state index contributed by atoms with van der Waals surface area (Å²) in [5.74, 6) is -8.93. The Morgan fingerprint density at radius 2 is 1.40 bits per heavy atom. The fourth-order valence-electron chi connectivity index (χ4n) is 5.74. The molecule has 2 aliphatic rings. The minimum absolute atomic E-state index is 0. The first-order chi connectivity index (χ1) is 30.7. The van der Waals surface area contributed by atoms with Gasteiger partial charge in [-0.3, -0.25) is 29.3 Å². The van der Waals surface area contributed by atoms with E-state index in [4.69, 9.17) is 9.47 Å². The Bertz CT molecular complexity index is 2830. The average Bonchev–Trinajstić information content (AvgIpc) is 3.94. The van der Waals surface area contributed by atoms with Gasteiger partial charge >= 0.3 is 275 Å². The quantitative estimate of drug-likeness (QED) is 0.00919. The van der Waals surface area contributed by atoms with E-state index in [1.165, 1.54) is 13.8 Å². The topological polar surface area (TPSA) is 378 Å². The van der Waals surface area contributed by atoms with E-state index < -0.39 is 105 Å². The van der Waals surface area contributed by atoms with Crippen LogP contribution in [0.1, 0.15) is 49.2 Å². The average molecular weight is 1180 g/mol. The Hall–Kier alpha value is 2.02. The number of likely N-dealkylation sites (tertiary alicyclic amines) is 1. The van der Waals surface area contributed by atoms with Crippen molar-refractivity contribution in [3.8, 4) is 11.6 Å². The van der Waals surface area contributed by atoms with Crippen LogP contribution < -0.4 is 278 Å². The first-order valence-corrected chi connectivity index (χ1v) is 22.1. The van der Waals surface area contributed by atoms with E-state index >= 15 is 0 Å². The summed E-state index contributed by atoms with van der Waals surface area (Å²) in [5.41, 5.74) is -5.19. The SMILES string of the molecule is CCOC(=O)C(=O)c1nn(-c2cc(SOO[O-])ccc2S(=O)(=O)[O-])c([O-])c1/C=C/C(=C/C=C1\C(=O)N(c2cc(SOO[O-])ccc2S(=O)(=O)[O-])N=C1C(=O)OC(=O)CC)N1CCCC1=O.[K+].[K+].[K+].[K+].[K+]. The molecule has 2 aromatic carbocycles. The van der Waals surface area contributed by atoms with E-state index in [1.807, 2.05) is 0 Å².